The molecule has 0 spiro atoms. The highest BCUT2D eigenvalue weighted by Gasteiger charge is 2.11. The summed E-state index contributed by atoms with van der Waals surface area (Å²) in [6.45, 7) is 2.91. The Balaban J connectivity index is 2.11. The lowest BCUT2D eigenvalue weighted by Gasteiger charge is -2.17. The third-order valence-corrected chi connectivity index (χ3v) is 4.23. The zero-order valence-corrected chi connectivity index (χ0v) is 14.7. The molecule has 0 saturated carbocycles. The maximum atomic E-state index is 5.46. The lowest BCUT2D eigenvalue weighted by Crippen LogP contribution is -2.18. The third kappa shape index (κ3) is 3.84. The van der Waals surface area contributed by atoms with E-state index in [2.05, 4.69) is 74.4 Å². The molecule has 20 heavy (non-hydrogen) atoms. The number of nitrogens with one attached hydrogen (secondary N) is 1. The lowest BCUT2D eigenvalue weighted by atomic mass is 10.1. The van der Waals surface area contributed by atoms with Crippen molar-refractivity contribution in [3.63, 3.8) is 0 Å². The van der Waals surface area contributed by atoms with Crippen molar-refractivity contribution < 1.29 is 4.74 Å². The van der Waals surface area contributed by atoms with Crippen LogP contribution in [-0.2, 0) is 6.54 Å². The van der Waals surface area contributed by atoms with Gasteiger partial charge in [-0.25, -0.2) is 0 Å². The Bertz CT molecular complexity index is 572. The van der Waals surface area contributed by atoms with Gasteiger partial charge in [0.1, 0.15) is 5.75 Å². The molecule has 0 saturated heterocycles. The van der Waals surface area contributed by atoms with E-state index in [4.69, 9.17) is 4.74 Å². The predicted molar refractivity (Wildman–Crippen MR) is 90.1 cm³/mol. The maximum absolute atomic E-state index is 5.46. The van der Waals surface area contributed by atoms with Gasteiger partial charge in [0.15, 0.2) is 0 Å². The van der Waals surface area contributed by atoms with Gasteiger partial charge in [-0.2, -0.15) is 0 Å². The van der Waals surface area contributed by atoms with Gasteiger partial charge in [0.25, 0.3) is 0 Å². The van der Waals surface area contributed by atoms with Crippen molar-refractivity contribution in [2.75, 3.05) is 7.11 Å². The van der Waals surface area contributed by atoms with Crippen molar-refractivity contribution >= 4 is 31.9 Å². The SMILES string of the molecule is COc1c(Br)cc(Br)cc1CN[C@H](C)c1ccccc1. The van der Waals surface area contributed by atoms with Crippen LogP contribution in [0, 0.1) is 0 Å². The molecule has 2 aromatic carbocycles. The van der Waals surface area contributed by atoms with E-state index < -0.39 is 0 Å². The van der Waals surface area contributed by atoms with E-state index in [0.29, 0.717) is 6.04 Å². The Morgan fingerprint density at radius 3 is 2.50 bits per heavy atom. The van der Waals surface area contributed by atoms with Gasteiger partial charge in [-0.1, -0.05) is 46.3 Å². The van der Waals surface area contributed by atoms with Gasteiger partial charge in [0, 0.05) is 22.6 Å². The zero-order valence-electron chi connectivity index (χ0n) is 11.5. The summed E-state index contributed by atoms with van der Waals surface area (Å²) in [6, 6.07) is 14.8. The largest absolute Gasteiger partial charge is 0.495 e. The minimum absolute atomic E-state index is 0.290. The van der Waals surface area contributed by atoms with Crippen molar-refractivity contribution in [3.8, 4) is 5.75 Å². The second kappa shape index (κ2) is 7.25. The molecule has 0 aromatic heterocycles. The monoisotopic (exact) mass is 397 g/mol. The van der Waals surface area contributed by atoms with E-state index in [9.17, 15) is 0 Å². The summed E-state index contributed by atoms with van der Waals surface area (Å²) in [5.41, 5.74) is 2.40. The van der Waals surface area contributed by atoms with Crippen LogP contribution in [0.15, 0.2) is 51.4 Å². The molecule has 106 valence electrons. The summed E-state index contributed by atoms with van der Waals surface area (Å²) in [6.07, 6.45) is 0. The van der Waals surface area contributed by atoms with Crippen LogP contribution < -0.4 is 10.1 Å². The predicted octanol–water partition coefficient (Wildman–Crippen LogP) is 5.07. The number of benzene rings is 2. The number of ether oxygens (including phenoxy) is 1. The highest BCUT2D eigenvalue weighted by atomic mass is 79.9. The van der Waals surface area contributed by atoms with E-state index >= 15 is 0 Å². The topological polar surface area (TPSA) is 21.3 Å². The minimum atomic E-state index is 0.290. The first-order chi connectivity index (χ1) is 9.61. The van der Waals surface area contributed by atoms with Gasteiger partial charge in [-0.3, -0.25) is 0 Å². The Morgan fingerprint density at radius 2 is 1.85 bits per heavy atom. The van der Waals surface area contributed by atoms with Crippen LogP contribution in [0.1, 0.15) is 24.1 Å². The third-order valence-electron chi connectivity index (χ3n) is 3.19. The van der Waals surface area contributed by atoms with Gasteiger partial charge in [-0.15, -0.1) is 0 Å². The summed E-state index contributed by atoms with van der Waals surface area (Å²) >= 11 is 7.04. The molecule has 0 bridgehead atoms. The molecule has 2 nitrogen and oxygen atoms in total. The molecule has 0 radical (unpaired) electrons. The smallest absolute Gasteiger partial charge is 0.137 e. The number of hydrogen-bond donors (Lipinski definition) is 1. The van der Waals surface area contributed by atoms with Crippen LogP contribution in [0.5, 0.6) is 5.75 Å². The fourth-order valence-electron chi connectivity index (χ4n) is 2.10. The van der Waals surface area contributed by atoms with Crippen LogP contribution in [0.2, 0.25) is 0 Å². The molecule has 2 aromatic rings. The second-order valence-corrected chi connectivity index (χ2v) is 6.36. The number of rotatable bonds is 5. The van der Waals surface area contributed by atoms with Crippen LogP contribution in [-0.4, -0.2) is 7.11 Å². The van der Waals surface area contributed by atoms with Gasteiger partial charge in [0.05, 0.1) is 11.6 Å². The Morgan fingerprint density at radius 1 is 1.15 bits per heavy atom. The molecule has 2 rings (SSSR count). The summed E-state index contributed by atoms with van der Waals surface area (Å²) in [7, 11) is 1.69. The molecule has 0 aliphatic carbocycles. The highest BCUT2D eigenvalue weighted by Crippen LogP contribution is 2.32. The highest BCUT2D eigenvalue weighted by molar-refractivity contribution is 9.11. The van der Waals surface area contributed by atoms with E-state index in [-0.39, 0.29) is 0 Å². The first kappa shape index (κ1) is 15.5. The Labute approximate surface area is 136 Å². The molecule has 0 fully saturated rings. The molecule has 0 amide bonds. The standard InChI is InChI=1S/C16H17Br2NO/c1-11(12-6-4-3-5-7-12)19-10-13-8-14(17)9-15(18)16(13)20-2/h3-9,11,19H,10H2,1-2H3/t11-/m1/s1. The van der Waals surface area contributed by atoms with Crippen molar-refractivity contribution in [1.82, 2.24) is 5.32 Å². The average Bonchev–Trinajstić information content (AvgIpc) is 2.45. The number of methoxy groups -OCH3 is 1. The number of halogens is 2. The van der Waals surface area contributed by atoms with Gasteiger partial charge >= 0.3 is 0 Å². The van der Waals surface area contributed by atoms with Gasteiger partial charge in [0.2, 0.25) is 0 Å². The van der Waals surface area contributed by atoms with Crippen LogP contribution in [0.4, 0.5) is 0 Å². The second-order valence-electron chi connectivity index (χ2n) is 4.59. The van der Waals surface area contributed by atoms with Gasteiger partial charge < -0.3 is 10.1 Å². The van der Waals surface area contributed by atoms with Crippen molar-refractivity contribution in [2.45, 2.75) is 19.5 Å². The quantitative estimate of drug-likeness (QED) is 0.758. The summed E-state index contributed by atoms with van der Waals surface area (Å²) in [5.74, 6) is 0.876. The summed E-state index contributed by atoms with van der Waals surface area (Å²) in [4.78, 5) is 0. The van der Waals surface area contributed by atoms with Crippen molar-refractivity contribution in [2.24, 2.45) is 0 Å². The summed E-state index contributed by atoms with van der Waals surface area (Å²) in [5, 5.41) is 3.52. The summed E-state index contributed by atoms with van der Waals surface area (Å²) < 4.78 is 7.45. The molecule has 0 heterocycles. The van der Waals surface area contributed by atoms with Crippen LogP contribution >= 0.6 is 31.9 Å². The van der Waals surface area contributed by atoms with Crippen molar-refractivity contribution in [3.05, 3.63) is 62.5 Å². The Hall–Kier alpha value is -0.840. The van der Waals surface area contributed by atoms with Crippen molar-refractivity contribution in [1.29, 1.82) is 0 Å². The lowest BCUT2D eigenvalue weighted by molar-refractivity contribution is 0.403. The number of hydrogen-bond acceptors (Lipinski definition) is 2. The van der Waals surface area contributed by atoms with Gasteiger partial charge in [-0.05, 0) is 40.5 Å². The zero-order chi connectivity index (χ0) is 14.5. The van der Waals surface area contributed by atoms with Crippen LogP contribution in [0.25, 0.3) is 0 Å². The molecule has 0 aliphatic rings. The minimum Gasteiger partial charge on any atom is -0.495 e. The first-order valence-electron chi connectivity index (χ1n) is 6.42. The first-order valence-corrected chi connectivity index (χ1v) is 8.00. The molecule has 0 aliphatic heterocycles. The van der Waals surface area contributed by atoms with Crippen LogP contribution in [0.3, 0.4) is 0 Å². The van der Waals surface area contributed by atoms with E-state index in [0.717, 1.165) is 26.8 Å². The van der Waals surface area contributed by atoms with E-state index in [1.54, 1.807) is 7.11 Å². The molecular weight excluding hydrogens is 382 g/mol. The van der Waals surface area contributed by atoms with E-state index in [1.807, 2.05) is 12.1 Å². The molecule has 0 unspecified atom stereocenters. The maximum Gasteiger partial charge on any atom is 0.137 e. The molecular formula is C16H17Br2NO. The molecule has 1 N–H and O–H groups in total. The molecule has 4 heteroatoms. The fraction of sp³-hybridized carbons (Fsp3) is 0.250. The average molecular weight is 399 g/mol. The fourth-order valence-corrected chi connectivity index (χ4v) is 3.57. The Kier molecular flexibility index (Phi) is 5.64. The normalized spacial score (nSPS) is 12.2. The van der Waals surface area contributed by atoms with E-state index in [1.165, 1.54) is 5.56 Å². The molecule has 1 atom stereocenters.